The molecule has 0 unspecified atom stereocenters. The minimum atomic E-state index is 0. The fraction of sp³-hybridized carbons (Fsp3) is 0.545. The third kappa shape index (κ3) is 4.72. The maximum Gasteiger partial charge on any atom is 0.191 e. The second kappa shape index (κ2) is 9.81. The molecule has 0 bridgehead atoms. The van der Waals surface area contributed by atoms with Crippen LogP contribution in [0.1, 0.15) is 31.2 Å². The number of benzene rings is 1. The van der Waals surface area contributed by atoms with E-state index in [0.29, 0.717) is 19.2 Å². The van der Waals surface area contributed by atoms with Gasteiger partial charge in [-0.1, -0.05) is 18.9 Å². The van der Waals surface area contributed by atoms with Crippen molar-refractivity contribution in [1.29, 1.82) is 0 Å². The quantitative estimate of drug-likeness (QED) is 0.354. The number of halogens is 1. The van der Waals surface area contributed by atoms with E-state index in [9.17, 15) is 0 Å². The highest BCUT2D eigenvalue weighted by Gasteiger charge is 2.36. The summed E-state index contributed by atoms with van der Waals surface area (Å²) in [4.78, 5) is 13.8. The Hall–Kier alpha value is -1.75. The van der Waals surface area contributed by atoms with Gasteiger partial charge >= 0.3 is 0 Å². The summed E-state index contributed by atoms with van der Waals surface area (Å²) in [5.41, 5.74) is 7.78. The summed E-state index contributed by atoms with van der Waals surface area (Å²) >= 11 is 1.69. The standard InChI is InChI=1S/C22H29N5O2S.HI/c23-20(26-8-10-27(11-9-26)21-24-7-14-30-21)25-16-22(5-1-2-6-22)17-3-4-18-19(15-17)29-13-12-28-18;/h3-4,7,14-15H,1-2,5-6,8-13,16H2,(H2,23,25);1H. The lowest BCUT2D eigenvalue weighted by atomic mass is 9.79. The second-order valence-corrected chi connectivity index (χ2v) is 9.18. The Morgan fingerprint density at radius 3 is 2.55 bits per heavy atom. The summed E-state index contributed by atoms with van der Waals surface area (Å²) in [6.07, 6.45) is 6.61. The molecule has 1 saturated carbocycles. The number of thiazole rings is 1. The average molecular weight is 555 g/mol. The number of nitrogens with zero attached hydrogens (tertiary/aromatic N) is 4. The Bertz CT molecular complexity index is 893. The van der Waals surface area contributed by atoms with Crippen molar-refractivity contribution in [2.45, 2.75) is 31.1 Å². The van der Waals surface area contributed by atoms with E-state index in [2.05, 4.69) is 33.0 Å². The van der Waals surface area contributed by atoms with Gasteiger partial charge in [0.1, 0.15) is 13.2 Å². The second-order valence-electron chi connectivity index (χ2n) is 8.31. The third-order valence-corrected chi connectivity index (χ3v) is 7.38. The van der Waals surface area contributed by atoms with Gasteiger partial charge in [-0.2, -0.15) is 0 Å². The first-order valence-corrected chi connectivity index (χ1v) is 11.7. The molecule has 168 valence electrons. The first-order valence-electron chi connectivity index (χ1n) is 10.8. The van der Waals surface area contributed by atoms with Gasteiger partial charge in [0.2, 0.25) is 0 Å². The van der Waals surface area contributed by atoms with Crippen LogP contribution in [0.25, 0.3) is 0 Å². The highest BCUT2D eigenvalue weighted by atomic mass is 127. The van der Waals surface area contributed by atoms with Crippen LogP contribution >= 0.6 is 35.3 Å². The molecule has 3 aliphatic rings. The molecule has 2 N–H and O–H groups in total. The van der Waals surface area contributed by atoms with Crippen molar-refractivity contribution in [3.63, 3.8) is 0 Å². The van der Waals surface area contributed by atoms with E-state index in [1.165, 1.54) is 18.4 Å². The number of hydrogen-bond donors (Lipinski definition) is 1. The maximum absolute atomic E-state index is 6.44. The number of rotatable bonds is 4. The van der Waals surface area contributed by atoms with Crippen LogP contribution in [0.3, 0.4) is 0 Å². The van der Waals surface area contributed by atoms with Gasteiger partial charge in [0.15, 0.2) is 22.6 Å². The summed E-state index contributed by atoms with van der Waals surface area (Å²) in [6, 6.07) is 6.41. The molecule has 5 rings (SSSR count). The summed E-state index contributed by atoms with van der Waals surface area (Å²) < 4.78 is 11.5. The molecule has 0 radical (unpaired) electrons. The lowest BCUT2D eigenvalue weighted by Gasteiger charge is -2.36. The number of fused-ring (bicyclic) bond motifs is 1. The molecule has 0 amide bonds. The van der Waals surface area contributed by atoms with Crippen LogP contribution < -0.4 is 20.1 Å². The van der Waals surface area contributed by atoms with Crippen LogP contribution in [0.5, 0.6) is 11.5 Å². The lowest BCUT2D eigenvalue weighted by molar-refractivity contribution is 0.171. The molecule has 0 atom stereocenters. The predicted octanol–water partition coefficient (Wildman–Crippen LogP) is 3.48. The molecular weight excluding hydrogens is 525 g/mol. The fourth-order valence-corrected chi connectivity index (χ4v) is 5.49. The van der Waals surface area contributed by atoms with Crippen molar-refractivity contribution < 1.29 is 9.47 Å². The van der Waals surface area contributed by atoms with Gasteiger partial charge in [0.25, 0.3) is 0 Å². The van der Waals surface area contributed by atoms with E-state index in [4.69, 9.17) is 20.2 Å². The average Bonchev–Trinajstić information content (AvgIpc) is 3.50. The molecule has 7 nitrogen and oxygen atoms in total. The molecule has 2 aliphatic heterocycles. The molecule has 1 aliphatic carbocycles. The van der Waals surface area contributed by atoms with Crippen molar-refractivity contribution in [1.82, 2.24) is 9.88 Å². The van der Waals surface area contributed by atoms with Crippen LogP contribution in [0.4, 0.5) is 5.13 Å². The first-order chi connectivity index (χ1) is 14.7. The highest BCUT2D eigenvalue weighted by Crippen LogP contribution is 2.44. The van der Waals surface area contributed by atoms with E-state index >= 15 is 0 Å². The van der Waals surface area contributed by atoms with Crippen molar-refractivity contribution >= 4 is 46.4 Å². The van der Waals surface area contributed by atoms with E-state index in [-0.39, 0.29) is 29.4 Å². The van der Waals surface area contributed by atoms with Gasteiger partial charge in [-0.3, -0.25) is 4.99 Å². The fourth-order valence-electron chi connectivity index (χ4n) is 4.79. The van der Waals surface area contributed by atoms with Crippen molar-refractivity contribution in [3.8, 4) is 11.5 Å². The van der Waals surface area contributed by atoms with Crippen molar-refractivity contribution in [2.75, 3.05) is 50.8 Å². The van der Waals surface area contributed by atoms with Gasteiger partial charge < -0.3 is 25.0 Å². The number of piperazine rings is 1. The molecular formula is C22H30IN5O2S. The topological polar surface area (TPSA) is 76.2 Å². The minimum Gasteiger partial charge on any atom is -0.486 e. The number of ether oxygens (including phenoxy) is 2. The Morgan fingerprint density at radius 1 is 1.10 bits per heavy atom. The Kier molecular flexibility index (Phi) is 7.10. The van der Waals surface area contributed by atoms with Crippen molar-refractivity contribution in [2.24, 2.45) is 10.7 Å². The molecule has 2 aromatic rings. The normalized spacial score (nSPS) is 20.5. The molecule has 1 saturated heterocycles. The molecule has 31 heavy (non-hydrogen) atoms. The van der Waals surface area contributed by atoms with E-state index < -0.39 is 0 Å². The SMILES string of the molecule is I.NC(=NCC1(c2ccc3c(c2)OCCO3)CCCC1)N1CCN(c2nccs2)CC1. The van der Waals surface area contributed by atoms with Crippen molar-refractivity contribution in [3.05, 3.63) is 35.3 Å². The Balaban J connectivity index is 0.00000231. The maximum atomic E-state index is 6.44. The van der Waals surface area contributed by atoms with Crippen LogP contribution in [0, 0.1) is 0 Å². The molecule has 0 spiro atoms. The van der Waals surface area contributed by atoms with Gasteiger partial charge in [-0.15, -0.1) is 35.3 Å². The molecule has 1 aromatic heterocycles. The Labute approximate surface area is 204 Å². The third-order valence-electron chi connectivity index (χ3n) is 6.55. The van der Waals surface area contributed by atoms with Crippen LogP contribution in [-0.4, -0.2) is 61.8 Å². The zero-order valence-electron chi connectivity index (χ0n) is 17.7. The summed E-state index contributed by atoms with van der Waals surface area (Å²) in [7, 11) is 0. The van der Waals surface area contributed by atoms with E-state index in [0.717, 1.165) is 62.2 Å². The largest absolute Gasteiger partial charge is 0.486 e. The summed E-state index contributed by atoms with van der Waals surface area (Å²) in [5, 5.41) is 3.12. The monoisotopic (exact) mass is 555 g/mol. The summed E-state index contributed by atoms with van der Waals surface area (Å²) in [5.74, 6) is 2.37. The van der Waals surface area contributed by atoms with Crippen LogP contribution in [-0.2, 0) is 5.41 Å². The number of guanidine groups is 1. The molecule has 9 heteroatoms. The lowest BCUT2D eigenvalue weighted by Crippen LogP contribution is -2.51. The molecule has 1 aromatic carbocycles. The number of hydrogen-bond acceptors (Lipinski definition) is 6. The highest BCUT2D eigenvalue weighted by molar-refractivity contribution is 14.0. The van der Waals surface area contributed by atoms with Gasteiger partial charge in [-0.25, -0.2) is 4.98 Å². The predicted molar refractivity (Wildman–Crippen MR) is 135 cm³/mol. The smallest absolute Gasteiger partial charge is 0.191 e. The number of aliphatic imine (C=N–C) groups is 1. The minimum absolute atomic E-state index is 0. The number of nitrogens with two attached hydrogens (primary N) is 1. The van der Waals surface area contributed by atoms with Gasteiger partial charge in [-0.05, 0) is 30.5 Å². The van der Waals surface area contributed by atoms with E-state index in [1.807, 2.05) is 11.6 Å². The zero-order chi connectivity index (χ0) is 20.4. The van der Waals surface area contributed by atoms with Gasteiger partial charge in [0.05, 0.1) is 6.54 Å². The van der Waals surface area contributed by atoms with Crippen LogP contribution in [0.2, 0.25) is 0 Å². The number of aromatic nitrogens is 1. The zero-order valence-corrected chi connectivity index (χ0v) is 20.8. The Morgan fingerprint density at radius 2 is 1.84 bits per heavy atom. The van der Waals surface area contributed by atoms with Gasteiger partial charge in [0, 0.05) is 43.2 Å². The van der Waals surface area contributed by atoms with E-state index in [1.54, 1.807) is 11.3 Å². The first kappa shape index (κ1) is 22.4. The summed E-state index contributed by atoms with van der Waals surface area (Å²) in [6.45, 7) is 5.58. The number of anilines is 1. The molecule has 3 heterocycles. The van der Waals surface area contributed by atoms with Crippen LogP contribution in [0.15, 0.2) is 34.8 Å². The molecule has 2 fully saturated rings.